The van der Waals surface area contributed by atoms with Gasteiger partial charge in [-0.3, -0.25) is 0 Å². The van der Waals surface area contributed by atoms with E-state index < -0.39 is 0 Å². The van der Waals surface area contributed by atoms with Crippen LogP contribution in [-0.2, 0) is 11.3 Å². The zero-order valence-corrected chi connectivity index (χ0v) is 10.00. The second-order valence-electron chi connectivity index (χ2n) is 4.07. The first-order valence-electron chi connectivity index (χ1n) is 5.40. The van der Waals surface area contributed by atoms with Crippen molar-refractivity contribution in [2.75, 3.05) is 0 Å². The van der Waals surface area contributed by atoms with Gasteiger partial charge in [-0.05, 0) is 35.9 Å². The van der Waals surface area contributed by atoms with Crippen molar-refractivity contribution in [3.63, 3.8) is 0 Å². The van der Waals surface area contributed by atoms with E-state index in [0.717, 1.165) is 5.56 Å². The minimum Gasteiger partial charge on any atom is -0.457 e. The predicted octanol–water partition coefficient (Wildman–Crippen LogP) is 3.82. The van der Waals surface area contributed by atoms with Crippen LogP contribution in [0.2, 0.25) is 5.02 Å². The molecule has 90 valence electrons. The van der Waals surface area contributed by atoms with Crippen molar-refractivity contribution in [1.82, 2.24) is 0 Å². The molecule has 0 aromatic heterocycles. The third-order valence-corrected chi connectivity index (χ3v) is 3.16. The Morgan fingerprint density at radius 2 is 1.89 bits per heavy atom. The predicted molar refractivity (Wildman–Crippen MR) is 66.0 cm³/mol. The number of rotatable bonds is 1. The van der Waals surface area contributed by atoms with Gasteiger partial charge in [-0.2, -0.15) is 0 Å². The summed E-state index contributed by atoms with van der Waals surface area (Å²) in [6.07, 6.45) is 0. The molecule has 18 heavy (non-hydrogen) atoms. The first-order valence-corrected chi connectivity index (χ1v) is 5.78. The number of ether oxygens (including phenoxy) is 1. The quantitative estimate of drug-likeness (QED) is 0.731. The van der Waals surface area contributed by atoms with Crippen LogP contribution in [0.1, 0.15) is 15.9 Å². The van der Waals surface area contributed by atoms with Crippen molar-refractivity contribution < 1.29 is 13.9 Å². The monoisotopic (exact) mass is 262 g/mol. The third-order valence-electron chi connectivity index (χ3n) is 2.93. The largest absolute Gasteiger partial charge is 0.457 e. The number of esters is 1. The summed E-state index contributed by atoms with van der Waals surface area (Å²) in [5, 5.41) is 0.357. The van der Waals surface area contributed by atoms with Crippen LogP contribution in [0.15, 0.2) is 36.4 Å². The van der Waals surface area contributed by atoms with E-state index in [1.165, 1.54) is 6.07 Å². The van der Waals surface area contributed by atoms with Crippen molar-refractivity contribution >= 4 is 17.6 Å². The molecule has 1 aliphatic heterocycles. The lowest BCUT2D eigenvalue weighted by atomic mass is 10.00. The summed E-state index contributed by atoms with van der Waals surface area (Å²) in [6, 6.07) is 9.66. The van der Waals surface area contributed by atoms with Crippen LogP contribution < -0.4 is 0 Å². The number of carbonyl (C=O) groups excluding carboxylic acids is 1. The highest BCUT2D eigenvalue weighted by Crippen LogP contribution is 2.29. The maximum Gasteiger partial charge on any atom is 0.338 e. The molecule has 0 N–H and O–H groups in total. The molecular formula is C14H8ClFO2. The second-order valence-corrected chi connectivity index (χ2v) is 4.51. The fourth-order valence-corrected chi connectivity index (χ4v) is 2.18. The molecule has 2 aromatic rings. The van der Waals surface area contributed by atoms with Crippen molar-refractivity contribution in [2.45, 2.75) is 6.61 Å². The Hall–Kier alpha value is -1.87. The van der Waals surface area contributed by atoms with Gasteiger partial charge in [0.15, 0.2) is 0 Å². The van der Waals surface area contributed by atoms with Gasteiger partial charge >= 0.3 is 5.97 Å². The average Bonchev–Trinajstić information content (AvgIpc) is 2.71. The molecule has 2 nitrogen and oxygen atoms in total. The van der Waals surface area contributed by atoms with Crippen LogP contribution in [-0.4, -0.2) is 5.97 Å². The molecule has 0 saturated carbocycles. The highest BCUT2D eigenvalue weighted by atomic mass is 35.5. The topological polar surface area (TPSA) is 26.3 Å². The second kappa shape index (κ2) is 4.10. The number of hydrogen-bond donors (Lipinski definition) is 0. The molecular weight excluding hydrogens is 255 g/mol. The van der Waals surface area contributed by atoms with E-state index in [4.69, 9.17) is 16.3 Å². The fraction of sp³-hybridized carbons (Fsp3) is 0.0714. The van der Waals surface area contributed by atoms with Crippen molar-refractivity contribution in [3.05, 3.63) is 58.4 Å². The minimum absolute atomic E-state index is 0.247. The van der Waals surface area contributed by atoms with Gasteiger partial charge in [-0.25, -0.2) is 9.18 Å². The molecule has 3 rings (SSSR count). The number of halogens is 2. The number of fused-ring (bicyclic) bond motifs is 1. The summed E-state index contributed by atoms with van der Waals surface area (Å²) in [5.41, 5.74) is 2.50. The van der Waals surface area contributed by atoms with E-state index >= 15 is 0 Å². The van der Waals surface area contributed by atoms with Crippen molar-refractivity contribution in [1.29, 1.82) is 0 Å². The molecule has 2 aromatic carbocycles. The van der Waals surface area contributed by atoms with Gasteiger partial charge in [0.25, 0.3) is 0 Å². The molecule has 0 radical (unpaired) electrons. The van der Waals surface area contributed by atoms with Crippen LogP contribution >= 0.6 is 11.6 Å². The van der Waals surface area contributed by atoms with Crippen LogP contribution in [0.3, 0.4) is 0 Å². The smallest absolute Gasteiger partial charge is 0.338 e. The van der Waals surface area contributed by atoms with Gasteiger partial charge in [-0.1, -0.05) is 17.7 Å². The van der Waals surface area contributed by atoms with Crippen molar-refractivity contribution in [2.24, 2.45) is 0 Å². The molecule has 4 heteroatoms. The molecule has 0 fully saturated rings. The molecule has 0 unspecified atom stereocenters. The lowest BCUT2D eigenvalue weighted by molar-refractivity contribution is 0.0535. The Bertz CT molecular complexity index is 652. The molecule has 0 atom stereocenters. The number of hydrogen-bond acceptors (Lipinski definition) is 2. The SMILES string of the molecule is O=C1OCc2cc(-c3ccc(Cl)cc3F)ccc21. The zero-order chi connectivity index (χ0) is 12.7. The van der Waals surface area contributed by atoms with E-state index in [1.807, 2.05) is 0 Å². The zero-order valence-electron chi connectivity index (χ0n) is 9.24. The van der Waals surface area contributed by atoms with Crippen LogP contribution in [0.4, 0.5) is 4.39 Å². The highest BCUT2D eigenvalue weighted by Gasteiger charge is 2.21. The van der Waals surface area contributed by atoms with E-state index in [-0.39, 0.29) is 18.4 Å². The van der Waals surface area contributed by atoms with Crippen LogP contribution in [0.25, 0.3) is 11.1 Å². The van der Waals surface area contributed by atoms with Gasteiger partial charge in [0.05, 0.1) is 5.56 Å². The maximum atomic E-state index is 13.8. The molecule has 0 bridgehead atoms. The molecule has 0 aliphatic carbocycles. The summed E-state index contributed by atoms with van der Waals surface area (Å²) < 4.78 is 18.7. The minimum atomic E-state index is -0.382. The first-order chi connectivity index (χ1) is 8.65. The molecule has 1 heterocycles. The Morgan fingerprint density at radius 3 is 2.67 bits per heavy atom. The van der Waals surface area contributed by atoms with E-state index in [1.54, 1.807) is 30.3 Å². The number of carbonyl (C=O) groups is 1. The van der Waals surface area contributed by atoms with Gasteiger partial charge in [0.1, 0.15) is 12.4 Å². The Kier molecular flexibility index (Phi) is 2.56. The van der Waals surface area contributed by atoms with Crippen LogP contribution in [0, 0.1) is 5.82 Å². The standard InChI is InChI=1S/C14H8ClFO2/c15-10-2-4-11(13(16)6-10)8-1-3-12-9(5-8)7-18-14(12)17/h1-6H,7H2. The highest BCUT2D eigenvalue weighted by molar-refractivity contribution is 6.30. The maximum absolute atomic E-state index is 13.8. The van der Waals surface area contributed by atoms with Gasteiger partial charge in [0.2, 0.25) is 0 Å². The number of cyclic esters (lactones) is 1. The molecule has 0 amide bonds. The number of benzene rings is 2. The summed E-state index contributed by atoms with van der Waals surface area (Å²) in [7, 11) is 0. The Balaban J connectivity index is 2.10. The van der Waals surface area contributed by atoms with Crippen LogP contribution in [0.5, 0.6) is 0 Å². The van der Waals surface area contributed by atoms with Gasteiger partial charge in [0, 0.05) is 16.1 Å². The Labute approximate surface area is 108 Å². The normalized spacial score (nSPS) is 13.3. The third kappa shape index (κ3) is 1.77. The van der Waals surface area contributed by atoms with Gasteiger partial charge in [-0.15, -0.1) is 0 Å². The summed E-state index contributed by atoms with van der Waals surface area (Å²) in [6.45, 7) is 0.247. The van der Waals surface area contributed by atoms with E-state index in [9.17, 15) is 9.18 Å². The molecule has 0 saturated heterocycles. The summed E-state index contributed by atoms with van der Waals surface area (Å²) in [5.74, 6) is -0.708. The van der Waals surface area contributed by atoms with Gasteiger partial charge < -0.3 is 4.74 Å². The summed E-state index contributed by atoms with van der Waals surface area (Å²) in [4.78, 5) is 11.3. The van der Waals surface area contributed by atoms with Crippen molar-refractivity contribution in [3.8, 4) is 11.1 Å². The van der Waals surface area contributed by atoms with E-state index in [2.05, 4.69) is 0 Å². The summed E-state index contributed by atoms with van der Waals surface area (Å²) >= 11 is 5.71. The van der Waals surface area contributed by atoms with E-state index in [0.29, 0.717) is 21.7 Å². The Morgan fingerprint density at radius 1 is 1.11 bits per heavy atom. The lowest BCUT2D eigenvalue weighted by Gasteiger charge is -2.05. The lowest BCUT2D eigenvalue weighted by Crippen LogP contribution is -1.93. The molecule has 1 aliphatic rings. The molecule has 0 spiro atoms. The average molecular weight is 263 g/mol. The fourth-order valence-electron chi connectivity index (χ4n) is 2.02. The first kappa shape index (κ1) is 11.2.